The van der Waals surface area contributed by atoms with Gasteiger partial charge in [-0.3, -0.25) is 4.90 Å². The van der Waals surface area contributed by atoms with Crippen molar-refractivity contribution in [2.75, 3.05) is 44.7 Å². The third-order valence-corrected chi connectivity index (χ3v) is 8.09. The van der Waals surface area contributed by atoms with Gasteiger partial charge in [0.05, 0.1) is 28.8 Å². The van der Waals surface area contributed by atoms with Gasteiger partial charge in [-0.1, -0.05) is 41.9 Å². The Labute approximate surface area is 199 Å². The van der Waals surface area contributed by atoms with Crippen molar-refractivity contribution in [1.29, 1.82) is 0 Å². The van der Waals surface area contributed by atoms with Crippen LogP contribution in [0.1, 0.15) is 12.0 Å². The predicted octanol–water partition coefficient (Wildman–Crippen LogP) is 2.92. The van der Waals surface area contributed by atoms with Crippen LogP contribution in [0.5, 0.6) is 0 Å². The Kier molecular flexibility index (Phi) is 7.65. The first-order chi connectivity index (χ1) is 15.4. The van der Waals surface area contributed by atoms with Gasteiger partial charge in [0.15, 0.2) is 5.11 Å². The van der Waals surface area contributed by atoms with Crippen LogP contribution >= 0.6 is 23.8 Å². The van der Waals surface area contributed by atoms with E-state index in [0.29, 0.717) is 42.1 Å². The van der Waals surface area contributed by atoms with Gasteiger partial charge in [0.2, 0.25) is 10.0 Å². The first kappa shape index (κ1) is 23.4. The molecule has 0 amide bonds. The summed E-state index contributed by atoms with van der Waals surface area (Å²) in [5.41, 5.74) is 1.76. The van der Waals surface area contributed by atoms with E-state index in [-0.39, 0.29) is 10.9 Å². The highest BCUT2D eigenvalue weighted by atomic mass is 35.5. The zero-order valence-corrected chi connectivity index (χ0v) is 20.1. The third-order valence-electron chi connectivity index (χ3n) is 5.65. The second-order valence-electron chi connectivity index (χ2n) is 7.96. The molecule has 2 heterocycles. The maximum Gasteiger partial charge on any atom is 0.243 e. The first-order valence-corrected chi connectivity index (χ1v) is 12.9. The number of hydrogen-bond donors (Lipinski definition) is 2. The predicted molar refractivity (Wildman–Crippen MR) is 131 cm³/mol. The Hall–Kier alpha value is -1.75. The number of thiocarbonyl (C=S) groups is 1. The molecule has 2 aliphatic heterocycles. The summed E-state index contributed by atoms with van der Waals surface area (Å²) < 4.78 is 32.6. The first-order valence-electron chi connectivity index (χ1n) is 10.6. The Morgan fingerprint density at radius 2 is 1.88 bits per heavy atom. The molecular weight excluding hydrogens is 468 g/mol. The van der Waals surface area contributed by atoms with Gasteiger partial charge in [-0.15, -0.1) is 0 Å². The van der Waals surface area contributed by atoms with Crippen molar-refractivity contribution >= 4 is 44.6 Å². The maximum absolute atomic E-state index is 12.9. The van der Waals surface area contributed by atoms with E-state index in [9.17, 15) is 8.42 Å². The lowest BCUT2D eigenvalue weighted by molar-refractivity contribution is 0.0730. The molecule has 0 aromatic heterocycles. The summed E-state index contributed by atoms with van der Waals surface area (Å²) in [5.74, 6) is 0. The standard InChI is InChI=1S/C22H27ClN4O3S2/c23-20-7-6-19(32(28,29)27-10-12-30-13-11-27)14-21(20)25-22(31)24-18-8-9-26(16-18)15-17-4-2-1-3-5-17/h1-7,14,18H,8-13,15-16H2,(H2,24,25,31)/t18-/m1/s1. The highest BCUT2D eigenvalue weighted by Gasteiger charge is 2.27. The highest BCUT2D eigenvalue weighted by molar-refractivity contribution is 7.89. The fourth-order valence-electron chi connectivity index (χ4n) is 3.98. The molecule has 0 saturated carbocycles. The van der Waals surface area contributed by atoms with E-state index in [1.54, 1.807) is 6.07 Å². The molecule has 2 fully saturated rings. The zero-order chi connectivity index (χ0) is 22.6. The number of likely N-dealkylation sites (tertiary alicyclic amines) is 1. The second-order valence-corrected chi connectivity index (χ2v) is 10.7. The summed E-state index contributed by atoms with van der Waals surface area (Å²) in [5, 5.41) is 7.25. The number of nitrogens with zero attached hydrogens (tertiary/aromatic N) is 2. The molecule has 2 aromatic carbocycles. The number of rotatable bonds is 6. The molecule has 2 aromatic rings. The average molecular weight is 495 g/mol. The lowest BCUT2D eigenvalue weighted by Crippen LogP contribution is -2.40. The van der Waals surface area contributed by atoms with E-state index in [4.69, 9.17) is 28.6 Å². The molecule has 1 atom stereocenters. The minimum atomic E-state index is -3.61. The van der Waals surface area contributed by atoms with Gasteiger partial charge in [0.25, 0.3) is 0 Å². The summed E-state index contributed by atoms with van der Waals surface area (Å²) in [7, 11) is -3.61. The molecule has 2 N–H and O–H groups in total. The number of ether oxygens (including phenoxy) is 1. The molecule has 0 aliphatic carbocycles. The van der Waals surface area contributed by atoms with E-state index in [0.717, 1.165) is 26.1 Å². The second kappa shape index (κ2) is 10.5. The fraction of sp³-hybridized carbons (Fsp3) is 0.409. The Balaban J connectivity index is 1.35. The van der Waals surface area contributed by atoms with Gasteiger partial charge in [-0.05, 0) is 42.4 Å². The Morgan fingerprint density at radius 1 is 1.12 bits per heavy atom. The van der Waals surface area contributed by atoms with Gasteiger partial charge in [-0.25, -0.2) is 8.42 Å². The fourth-order valence-corrected chi connectivity index (χ4v) is 5.85. The van der Waals surface area contributed by atoms with Crippen LogP contribution in [0, 0.1) is 0 Å². The van der Waals surface area contributed by atoms with Crippen LogP contribution in [0.15, 0.2) is 53.4 Å². The number of halogens is 1. The van der Waals surface area contributed by atoms with E-state index in [1.807, 2.05) is 6.07 Å². The van der Waals surface area contributed by atoms with Gasteiger partial charge in [-0.2, -0.15) is 4.31 Å². The quantitative estimate of drug-likeness (QED) is 0.598. The van der Waals surface area contributed by atoms with Crippen molar-refractivity contribution in [2.24, 2.45) is 0 Å². The van der Waals surface area contributed by atoms with E-state index >= 15 is 0 Å². The van der Waals surface area contributed by atoms with Gasteiger partial charge < -0.3 is 15.4 Å². The minimum Gasteiger partial charge on any atom is -0.379 e. The Morgan fingerprint density at radius 3 is 2.62 bits per heavy atom. The number of nitrogens with one attached hydrogen (secondary N) is 2. The van der Waals surface area contributed by atoms with E-state index in [2.05, 4.69) is 39.8 Å². The van der Waals surface area contributed by atoms with E-state index in [1.165, 1.54) is 22.0 Å². The van der Waals surface area contributed by atoms with Crippen LogP contribution in [0.25, 0.3) is 0 Å². The molecule has 4 rings (SSSR count). The molecule has 7 nitrogen and oxygen atoms in total. The van der Waals surface area contributed by atoms with Gasteiger partial charge >= 0.3 is 0 Å². The summed E-state index contributed by atoms with van der Waals surface area (Å²) in [6.45, 7) is 4.26. The smallest absolute Gasteiger partial charge is 0.243 e. The topological polar surface area (TPSA) is 73.9 Å². The normalized spacial score (nSPS) is 20.2. The monoisotopic (exact) mass is 494 g/mol. The lowest BCUT2D eigenvalue weighted by Gasteiger charge is -2.26. The van der Waals surface area contributed by atoms with Crippen molar-refractivity contribution in [2.45, 2.75) is 23.9 Å². The van der Waals surface area contributed by atoms with Crippen molar-refractivity contribution in [3.63, 3.8) is 0 Å². The SMILES string of the molecule is O=S(=O)(c1ccc(Cl)c(NC(=S)N[C@@H]2CCN(Cc3ccccc3)C2)c1)N1CCOCC1. The Bertz CT molecular complexity index is 1050. The maximum atomic E-state index is 12.9. The molecule has 172 valence electrons. The van der Waals surface area contributed by atoms with Crippen LogP contribution in [0.3, 0.4) is 0 Å². The molecule has 10 heteroatoms. The summed E-state index contributed by atoms with van der Waals surface area (Å²) >= 11 is 11.8. The minimum absolute atomic E-state index is 0.184. The summed E-state index contributed by atoms with van der Waals surface area (Å²) in [6, 6.07) is 15.3. The number of morpholine rings is 1. The average Bonchev–Trinajstić information content (AvgIpc) is 3.23. The van der Waals surface area contributed by atoms with Crippen molar-refractivity contribution in [3.8, 4) is 0 Å². The number of sulfonamides is 1. The van der Waals surface area contributed by atoms with Crippen LogP contribution in [0.4, 0.5) is 5.69 Å². The van der Waals surface area contributed by atoms with Crippen molar-refractivity contribution in [1.82, 2.24) is 14.5 Å². The van der Waals surface area contributed by atoms with Crippen LogP contribution in [0.2, 0.25) is 5.02 Å². The van der Waals surface area contributed by atoms with Gasteiger partial charge in [0.1, 0.15) is 0 Å². The molecule has 2 aliphatic rings. The largest absolute Gasteiger partial charge is 0.379 e. The zero-order valence-electron chi connectivity index (χ0n) is 17.7. The van der Waals surface area contributed by atoms with Crippen LogP contribution in [-0.4, -0.2) is 68.2 Å². The highest BCUT2D eigenvalue weighted by Crippen LogP contribution is 2.27. The van der Waals surface area contributed by atoms with Crippen molar-refractivity contribution in [3.05, 3.63) is 59.1 Å². The third kappa shape index (κ3) is 5.78. The van der Waals surface area contributed by atoms with Crippen LogP contribution < -0.4 is 10.6 Å². The molecule has 0 unspecified atom stereocenters. The number of benzene rings is 2. The molecule has 32 heavy (non-hydrogen) atoms. The molecule has 2 saturated heterocycles. The van der Waals surface area contributed by atoms with E-state index < -0.39 is 10.0 Å². The molecule has 0 spiro atoms. The molecular formula is C22H27ClN4O3S2. The lowest BCUT2D eigenvalue weighted by atomic mass is 10.2. The number of hydrogen-bond acceptors (Lipinski definition) is 5. The van der Waals surface area contributed by atoms with Gasteiger partial charge in [0, 0.05) is 38.8 Å². The molecule has 0 radical (unpaired) electrons. The van der Waals surface area contributed by atoms with Crippen LogP contribution in [-0.2, 0) is 21.3 Å². The number of anilines is 1. The molecule has 0 bridgehead atoms. The summed E-state index contributed by atoms with van der Waals surface area (Å²) in [4.78, 5) is 2.57. The summed E-state index contributed by atoms with van der Waals surface area (Å²) in [6.07, 6.45) is 0.980. The van der Waals surface area contributed by atoms with Crippen molar-refractivity contribution < 1.29 is 13.2 Å².